The third-order valence-corrected chi connectivity index (χ3v) is 5.08. The van der Waals surface area contributed by atoms with E-state index in [0.717, 1.165) is 16.2 Å². The number of imidazole rings is 1. The molecule has 130 valence electrons. The average Bonchev–Trinajstić information content (AvgIpc) is 3.26. The summed E-state index contributed by atoms with van der Waals surface area (Å²) in [5.41, 5.74) is 1.87. The predicted molar refractivity (Wildman–Crippen MR) is 100 cm³/mol. The summed E-state index contributed by atoms with van der Waals surface area (Å²) >= 11 is 1.39. The fourth-order valence-corrected chi connectivity index (χ4v) is 3.69. The van der Waals surface area contributed by atoms with Gasteiger partial charge in [-0.25, -0.2) is 4.98 Å². The lowest BCUT2D eigenvalue weighted by Gasteiger charge is -2.15. The van der Waals surface area contributed by atoms with E-state index in [1.807, 2.05) is 59.1 Å². The molecule has 0 aliphatic heterocycles. The van der Waals surface area contributed by atoms with Crippen LogP contribution in [-0.2, 0) is 4.79 Å². The number of rotatable bonds is 5. The smallest absolute Gasteiger partial charge is 0.243 e. The number of carbonyl (C=O) groups is 1. The van der Waals surface area contributed by atoms with Crippen molar-refractivity contribution in [2.24, 2.45) is 0 Å². The van der Waals surface area contributed by atoms with Gasteiger partial charge >= 0.3 is 0 Å². The van der Waals surface area contributed by atoms with Gasteiger partial charge in [-0.15, -0.1) is 0 Å². The highest BCUT2D eigenvalue weighted by Gasteiger charge is 2.25. The molecule has 3 heterocycles. The molecule has 0 aliphatic rings. The van der Waals surface area contributed by atoms with Crippen molar-refractivity contribution in [2.45, 2.75) is 17.3 Å². The minimum Gasteiger partial charge on any atom is -0.360 e. The normalized spacial score (nSPS) is 12.2. The number of fused-ring (bicyclic) bond motifs is 1. The monoisotopic (exact) mass is 364 g/mol. The molecule has 6 nitrogen and oxygen atoms in total. The van der Waals surface area contributed by atoms with Crippen LogP contribution in [0.25, 0.3) is 5.52 Å². The van der Waals surface area contributed by atoms with Crippen molar-refractivity contribution in [3.8, 4) is 0 Å². The Labute approximate surface area is 154 Å². The lowest BCUT2D eigenvalue weighted by molar-refractivity contribution is -0.115. The maximum atomic E-state index is 12.9. The standard InChI is InChI=1S/C19H16N4O2S/c1-13-11-16(22-25-13)21-18(24)17(14-7-3-2-4-8-14)26-19-20-12-15-9-5-6-10-23(15)19/h2-12,17H,1H3,(H,21,22,24)/t17-/m1/s1. The molecule has 1 amide bonds. The summed E-state index contributed by atoms with van der Waals surface area (Å²) in [6.07, 6.45) is 3.73. The van der Waals surface area contributed by atoms with Gasteiger partial charge in [-0.1, -0.05) is 53.3 Å². The molecule has 0 saturated heterocycles. The van der Waals surface area contributed by atoms with Gasteiger partial charge in [0.25, 0.3) is 0 Å². The van der Waals surface area contributed by atoms with Gasteiger partial charge in [-0.3, -0.25) is 9.20 Å². The summed E-state index contributed by atoms with van der Waals surface area (Å²) in [5.74, 6) is 0.868. The average molecular weight is 364 g/mol. The van der Waals surface area contributed by atoms with Gasteiger partial charge in [0.15, 0.2) is 11.0 Å². The second kappa shape index (κ2) is 7.05. The van der Waals surface area contributed by atoms with Gasteiger partial charge in [-0.05, 0) is 24.6 Å². The summed E-state index contributed by atoms with van der Waals surface area (Å²) in [7, 11) is 0. The number of benzene rings is 1. The molecule has 1 aromatic carbocycles. The molecule has 0 saturated carbocycles. The minimum atomic E-state index is -0.473. The van der Waals surface area contributed by atoms with E-state index < -0.39 is 5.25 Å². The van der Waals surface area contributed by atoms with Crippen LogP contribution in [0, 0.1) is 6.92 Å². The number of nitrogens with one attached hydrogen (secondary N) is 1. The first kappa shape index (κ1) is 16.4. The lowest BCUT2D eigenvalue weighted by atomic mass is 10.1. The second-order valence-corrected chi connectivity index (χ2v) is 6.83. The molecule has 0 aliphatic carbocycles. The van der Waals surface area contributed by atoms with Crippen molar-refractivity contribution in [3.63, 3.8) is 0 Å². The van der Waals surface area contributed by atoms with Gasteiger partial charge in [0.05, 0.1) is 11.7 Å². The number of nitrogens with zero attached hydrogens (tertiary/aromatic N) is 3. The summed E-state index contributed by atoms with van der Waals surface area (Å²) in [6.45, 7) is 1.78. The molecule has 0 unspecified atom stereocenters. The van der Waals surface area contributed by atoms with Gasteiger partial charge in [0.1, 0.15) is 11.0 Å². The van der Waals surface area contributed by atoms with Crippen molar-refractivity contribution >= 4 is 29.0 Å². The molecule has 1 N–H and O–H groups in total. The number of hydrogen-bond acceptors (Lipinski definition) is 5. The molecule has 0 bridgehead atoms. The van der Waals surface area contributed by atoms with Crippen LogP contribution < -0.4 is 5.32 Å². The zero-order valence-electron chi connectivity index (χ0n) is 14.0. The maximum Gasteiger partial charge on any atom is 0.243 e. The van der Waals surface area contributed by atoms with Gasteiger partial charge < -0.3 is 9.84 Å². The third kappa shape index (κ3) is 3.34. The second-order valence-electron chi connectivity index (χ2n) is 5.76. The highest BCUT2D eigenvalue weighted by molar-refractivity contribution is 8.00. The first-order valence-corrected chi connectivity index (χ1v) is 8.96. The number of anilines is 1. The molecule has 4 aromatic rings. The Morgan fingerprint density at radius 2 is 2.00 bits per heavy atom. The molecule has 0 spiro atoms. The molecule has 3 aromatic heterocycles. The Hall–Kier alpha value is -3.06. The van der Waals surface area contributed by atoms with Crippen molar-refractivity contribution in [1.82, 2.24) is 14.5 Å². The van der Waals surface area contributed by atoms with Gasteiger partial charge in [-0.2, -0.15) is 0 Å². The van der Waals surface area contributed by atoms with Crippen LogP contribution in [0.15, 0.2) is 76.7 Å². The van der Waals surface area contributed by atoms with E-state index in [-0.39, 0.29) is 5.91 Å². The van der Waals surface area contributed by atoms with Crippen LogP contribution in [0.5, 0.6) is 0 Å². The van der Waals surface area contributed by atoms with Gasteiger partial charge in [0.2, 0.25) is 5.91 Å². The Morgan fingerprint density at radius 1 is 1.19 bits per heavy atom. The van der Waals surface area contributed by atoms with E-state index >= 15 is 0 Å². The van der Waals surface area contributed by atoms with Crippen molar-refractivity contribution < 1.29 is 9.32 Å². The van der Waals surface area contributed by atoms with E-state index in [9.17, 15) is 4.79 Å². The fraction of sp³-hybridized carbons (Fsp3) is 0.105. The van der Waals surface area contributed by atoms with Crippen molar-refractivity contribution in [2.75, 3.05) is 5.32 Å². The summed E-state index contributed by atoms with van der Waals surface area (Å²) in [4.78, 5) is 17.4. The van der Waals surface area contributed by atoms with E-state index in [1.165, 1.54) is 11.8 Å². The molecular weight excluding hydrogens is 348 g/mol. The third-order valence-electron chi connectivity index (χ3n) is 3.85. The quantitative estimate of drug-likeness (QED) is 0.540. The fourth-order valence-electron chi connectivity index (χ4n) is 2.63. The predicted octanol–water partition coefficient (Wildman–Crippen LogP) is 4.10. The van der Waals surface area contributed by atoms with Crippen molar-refractivity contribution in [1.29, 1.82) is 0 Å². The van der Waals surface area contributed by atoms with Crippen LogP contribution in [-0.4, -0.2) is 20.4 Å². The van der Waals surface area contributed by atoms with E-state index in [4.69, 9.17) is 4.52 Å². The zero-order chi connectivity index (χ0) is 17.9. The first-order chi connectivity index (χ1) is 12.7. The highest BCUT2D eigenvalue weighted by Crippen LogP contribution is 2.35. The Kier molecular flexibility index (Phi) is 4.45. The van der Waals surface area contributed by atoms with Gasteiger partial charge in [0, 0.05) is 12.3 Å². The molecule has 26 heavy (non-hydrogen) atoms. The Balaban J connectivity index is 1.65. The summed E-state index contributed by atoms with van der Waals surface area (Å²) < 4.78 is 6.99. The van der Waals surface area contributed by atoms with Crippen LogP contribution in [0.2, 0.25) is 0 Å². The number of pyridine rings is 1. The number of aromatic nitrogens is 3. The number of carbonyl (C=O) groups excluding carboxylic acids is 1. The lowest BCUT2D eigenvalue weighted by Crippen LogP contribution is -2.19. The number of thioether (sulfide) groups is 1. The van der Waals surface area contributed by atoms with Crippen LogP contribution in [0.4, 0.5) is 5.82 Å². The van der Waals surface area contributed by atoms with Crippen LogP contribution in [0.1, 0.15) is 16.6 Å². The van der Waals surface area contributed by atoms with E-state index in [1.54, 1.807) is 19.2 Å². The molecule has 4 rings (SSSR count). The number of hydrogen-bond donors (Lipinski definition) is 1. The molecular formula is C19H16N4O2S. The Morgan fingerprint density at radius 3 is 2.77 bits per heavy atom. The number of aryl methyl sites for hydroxylation is 1. The molecule has 0 radical (unpaired) electrons. The van der Waals surface area contributed by atoms with Crippen molar-refractivity contribution in [3.05, 3.63) is 78.3 Å². The van der Waals surface area contributed by atoms with Crippen LogP contribution >= 0.6 is 11.8 Å². The minimum absolute atomic E-state index is 0.179. The van der Waals surface area contributed by atoms with E-state index in [2.05, 4.69) is 15.5 Å². The number of amides is 1. The molecule has 1 atom stereocenters. The van der Waals surface area contributed by atoms with Crippen LogP contribution in [0.3, 0.4) is 0 Å². The first-order valence-electron chi connectivity index (χ1n) is 8.08. The summed E-state index contributed by atoms with van der Waals surface area (Å²) in [6, 6.07) is 17.2. The summed E-state index contributed by atoms with van der Waals surface area (Å²) in [5, 5.41) is 6.94. The van der Waals surface area contributed by atoms with E-state index in [0.29, 0.717) is 11.6 Å². The highest BCUT2D eigenvalue weighted by atomic mass is 32.2. The topological polar surface area (TPSA) is 72.4 Å². The Bertz CT molecular complexity index is 1040. The largest absolute Gasteiger partial charge is 0.360 e. The zero-order valence-corrected chi connectivity index (χ0v) is 14.8. The SMILES string of the molecule is Cc1cc(NC(=O)[C@H](Sc2ncc3ccccn23)c2ccccc2)no1. The maximum absolute atomic E-state index is 12.9. The molecule has 0 fully saturated rings. The molecule has 7 heteroatoms.